The summed E-state index contributed by atoms with van der Waals surface area (Å²) in [4.78, 5) is 6.96. The first kappa shape index (κ1) is 23.4. The summed E-state index contributed by atoms with van der Waals surface area (Å²) in [6.07, 6.45) is 2.37. The van der Waals surface area contributed by atoms with Crippen LogP contribution in [0.15, 0.2) is 48.5 Å². The van der Waals surface area contributed by atoms with Crippen molar-refractivity contribution < 1.29 is 0 Å². The smallest absolute Gasteiger partial charge is 0.182 e. The maximum absolute atomic E-state index is 5.98. The number of unbranched alkanes of at least 4 members (excludes halogenated alkanes) is 1. The lowest BCUT2D eigenvalue weighted by molar-refractivity contribution is 0.273. The van der Waals surface area contributed by atoms with Gasteiger partial charge in [-0.15, -0.1) is 0 Å². The summed E-state index contributed by atoms with van der Waals surface area (Å²) >= 11 is 5.98. The molecule has 0 bridgehead atoms. The maximum Gasteiger partial charge on any atom is 0.182 e. The van der Waals surface area contributed by atoms with Crippen molar-refractivity contribution in [3.05, 3.63) is 48.5 Å². The van der Waals surface area contributed by atoms with E-state index in [9.17, 15) is 0 Å². The third-order valence-electron chi connectivity index (χ3n) is 5.24. The highest BCUT2D eigenvalue weighted by Gasteiger charge is 2.29. The van der Waals surface area contributed by atoms with Crippen molar-refractivity contribution in [1.29, 1.82) is 0 Å². The van der Waals surface area contributed by atoms with Crippen LogP contribution in [0.4, 0.5) is 22.7 Å². The minimum atomic E-state index is 0.412. The molecule has 0 radical (unpaired) electrons. The number of nitrogens with one attached hydrogen (secondary N) is 2. The summed E-state index contributed by atoms with van der Waals surface area (Å²) < 4.78 is 0. The van der Waals surface area contributed by atoms with Gasteiger partial charge in [-0.2, -0.15) is 0 Å². The number of thiocarbonyl (C=S) groups is 1. The average molecular weight is 440 g/mol. The third kappa shape index (κ3) is 6.34. The van der Waals surface area contributed by atoms with Gasteiger partial charge in [0, 0.05) is 41.4 Å². The lowest BCUT2D eigenvalue weighted by Gasteiger charge is -2.44. The molecule has 0 unspecified atom stereocenters. The molecule has 1 heterocycles. The Morgan fingerprint density at radius 3 is 1.55 bits per heavy atom. The molecule has 0 aliphatic carbocycles. The van der Waals surface area contributed by atoms with Crippen molar-refractivity contribution in [3.8, 4) is 0 Å². The van der Waals surface area contributed by atoms with Crippen LogP contribution in [0, 0.1) is 0 Å². The van der Waals surface area contributed by atoms with E-state index in [1.807, 2.05) is 0 Å². The molecule has 6 heteroatoms. The van der Waals surface area contributed by atoms with Gasteiger partial charge >= 0.3 is 0 Å². The number of hydrogen-bond donors (Lipinski definition) is 2. The van der Waals surface area contributed by atoms with Crippen LogP contribution in [-0.4, -0.2) is 42.0 Å². The number of rotatable bonds is 9. The van der Waals surface area contributed by atoms with Gasteiger partial charge in [0.1, 0.15) is 0 Å². The van der Waals surface area contributed by atoms with E-state index in [2.05, 4.69) is 108 Å². The van der Waals surface area contributed by atoms with Gasteiger partial charge in [0.05, 0.1) is 13.3 Å². The lowest BCUT2D eigenvalue weighted by Crippen LogP contribution is -2.58. The Morgan fingerprint density at radius 2 is 1.19 bits per heavy atom. The molecule has 1 fully saturated rings. The summed E-state index contributed by atoms with van der Waals surface area (Å²) in [6.45, 7) is 13.5. The maximum atomic E-state index is 5.98. The Kier molecular flexibility index (Phi) is 8.15. The molecule has 0 atom stereocenters. The zero-order chi connectivity index (χ0) is 22.4. The highest BCUT2D eigenvalue weighted by molar-refractivity contribution is 7.80. The van der Waals surface area contributed by atoms with Crippen molar-refractivity contribution in [2.24, 2.45) is 0 Å². The monoisotopic (exact) mass is 439 g/mol. The van der Waals surface area contributed by atoms with E-state index in [1.54, 1.807) is 0 Å². The molecule has 2 aromatic rings. The molecule has 0 aromatic heterocycles. The molecule has 168 valence electrons. The van der Waals surface area contributed by atoms with Crippen molar-refractivity contribution in [2.45, 2.75) is 59.5 Å². The number of benzene rings is 2. The average Bonchev–Trinajstić information content (AvgIpc) is 2.73. The second-order valence-electron chi connectivity index (χ2n) is 8.86. The topological polar surface area (TPSA) is 33.8 Å². The molecule has 2 aromatic carbocycles. The van der Waals surface area contributed by atoms with Crippen LogP contribution in [0.2, 0.25) is 0 Å². The molecule has 0 saturated carbocycles. The first-order chi connectivity index (χ1) is 14.9. The van der Waals surface area contributed by atoms with Crippen molar-refractivity contribution in [3.63, 3.8) is 0 Å². The van der Waals surface area contributed by atoms with E-state index < -0.39 is 0 Å². The Bertz CT molecular complexity index is 766. The molecule has 0 spiro atoms. The number of anilines is 4. The van der Waals surface area contributed by atoms with Gasteiger partial charge in [0.25, 0.3) is 0 Å². The number of nitrogens with zero attached hydrogens (tertiary/aromatic N) is 3. The fourth-order valence-corrected chi connectivity index (χ4v) is 4.09. The standard InChI is InChI=1S/C25H37N5S/c1-6-7-16-28-17-29(23-12-8-21(9-13-23)26-19(2)3)25(31)30(18-28)24-14-10-22(11-15-24)27-20(4)5/h8-15,19-20,26-27H,6-7,16-18H2,1-5H3. The fraction of sp³-hybridized carbons (Fsp3) is 0.480. The molecular weight excluding hydrogens is 402 g/mol. The zero-order valence-electron chi connectivity index (χ0n) is 19.6. The van der Waals surface area contributed by atoms with Crippen LogP contribution in [0.1, 0.15) is 47.5 Å². The minimum Gasteiger partial charge on any atom is -0.383 e. The second-order valence-corrected chi connectivity index (χ2v) is 9.23. The van der Waals surface area contributed by atoms with Gasteiger partial charge < -0.3 is 20.4 Å². The summed E-state index contributed by atoms with van der Waals surface area (Å²) in [5, 5.41) is 7.76. The number of hydrogen-bond acceptors (Lipinski definition) is 4. The van der Waals surface area contributed by atoms with Crippen LogP contribution in [0.25, 0.3) is 0 Å². The lowest BCUT2D eigenvalue weighted by atomic mass is 10.2. The first-order valence-electron chi connectivity index (χ1n) is 11.4. The molecule has 1 aliphatic rings. The van der Waals surface area contributed by atoms with Crippen molar-refractivity contribution in [2.75, 3.05) is 40.3 Å². The Hall–Kier alpha value is -2.31. The van der Waals surface area contributed by atoms with Crippen LogP contribution < -0.4 is 20.4 Å². The second kappa shape index (κ2) is 10.8. The fourth-order valence-electron chi connectivity index (χ4n) is 3.76. The largest absolute Gasteiger partial charge is 0.383 e. The van der Waals surface area contributed by atoms with E-state index in [0.29, 0.717) is 12.1 Å². The highest BCUT2D eigenvalue weighted by atomic mass is 32.1. The van der Waals surface area contributed by atoms with Crippen LogP contribution in [0.3, 0.4) is 0 Å². The van der Waals surface area contributed by atoms with Gasteiger partial charge in [0.15, 0.2) is 5.11 Å². The molecule has 2 N–H and O–H groups in total. The first-order valence-corrected chi connectivity index (χ1v) is 11.8. The molecular formula is C25H37N5S. The van der Waals surface area contributed by atoms with E-state index >= 15 is 0 Å². The predicted molar refractivity (Wildman–Crippen MR) is 139 cm³/mol. The molecule has 3 rings (SSSR count). The van der Waals surface area contributed by atoms with Gasteiger partial charge in [-0.1, -0.05) is 13.3 Å². The quantitative estimate of drug-likeness (QED) is 0.470. The highest BCUT2D eigenvalue weighted by Crippen LogP contribution is 2.27. The molecule has 5 nitrogen and oxygen atoms in total. The van der Waals surface area contributed by atoms with E-state index in [1.165, 1.54) is 12.8 Å². The molecule has 0 amide bonds. The normalized spacial score (nSPS) is 15.1. The summed E-state index contributed by atoms with van der Waals surface area (Å²) in [7, 11) is 0. The van der Waals surface area contributed by atoms with Crippen LogP contribution in [0.5, 0.6) is 0 Å². The molecule has 1 saturated heterocycles. The van der Waals surface area contributed by atoms with Crippen molar-refractivity contribution in [1.82, 2.24) is 4.90 Å². The van der Waals surface area contributed by atoms with Gasteiger partial charge in [0.2, 0.25) is 0 Å². The summed E-state index contributed by atoms with van der Waals surface area (Å²) in [5.41, 5.74) is 4.52. The predicted octanol–water partition coefficient (Wildman–Crippen LogP) is 5.96. The van der Waals surface area contributed by atoms with E-state index in [-0.39, 0.29) is 0 Å². The Balaban J connectivity index is 1.83. The van der Waals surface area contributed by atoms with E-state index in [0.717, 1.165) is 47.7 Å². The summed E-state index contributed by atoms with van der Waals surface area (Å²) in [5.74, 6) is 0. The Labute approximate surface area is 193 Å². The summed E-state index contributed by atoms with van der Waals surface area (Å²) in [6, 6.07) is 18.0. The Morgan fingerprint density at radius 1 is 0.774 bits per heavy atom. The van der Waals surface area contributed by atoms with Crippen LogP contribution in [-0.2, 0) is 0 Å². The molecule has 31 heavy (non-hydrogen) atoms. The van der Waals surface area contributed by atoms with Crippen molar-refractivity contribution >= 4 is 40.1 Å². The minimum absolute atomic E-state index is 0.412. The van der Waals surface area contributed by atoms with E-state index in [4.69, 9.17) is 12.2 Å². The van der Waals surface area contributed by atoms with Gasteiger partial charge in [-0.3, -0.25) is 4.90 Å². The third-order valence-corrected chi connectivity index (χ3v) is 5.68. The zero-order valence-corrected chi connectivity index (χ0v) is 20.4. The van der Waals surface area contributed by atoms with Gasteiger partial charge in [-0.25, -0.2) is 0 Å². The molecule has 1 aliphatic heterocycles. The van der Waals surface area contributed by atoms with Gasteiger partial charge in [-0.05, 0) is 94.9 Å². The SMILES string of the molecule is CCCCN1CN(c2ccc(NC(C)C)cc2)C(=S)N(c2ccc(NC(C)C)cc2)C1. The van der Waals surface area contributed by atoms with Crippen LogP contribution >= 0.6 is 12.2 Å².